The van der Waals surface area contributed by atoms with E-state index in [1.165, 1.54) is 17.7 Å². The van der Waals surface area contributed by atoms with E-state index in [0.29, 0.717) is 12.2 Å². The van der Waals surface area contributed by atoms with Crippen LogP contribution in [0.4, 0.5) is 4.39 Å². The van der Waals surface area contributed by atoms with Gasteiger partial charge in [0, 0.05) is 6.54 Å². The van der Waals surface area contributed by atoms with Gasteiger partial charge in [0.15, 0.2) is 6.10 Å². The maximum absolute atomic E-state index is 13.1. The zero-order valence-electron chi connectivity index (χ0n) is 13.7. The number of nitrogens with one attached hydrogen (secondary N) is 1. The van der Waals surface area contributed by atoms with Crippen LogP contribution in [0.15, 0.2) is 42.5 Å². The molecule has 0 aromatic heterocycles. The molecule has 2 aromatic carbocycles. The first-order chi connectivity index (χ1) is 11.0. The maximum Gasteiger partial charge on any atom is 0.261 e. The van der Waals surface area contributed by atoms with E-state index in [9.17, 15) is 9.18 Å². The van der Waals surface area contributed by atoms with Crippen LogP contribution < -0.4 is 10.1 Å². The summed E-state index contributed by atoms with van der Waals surface area (Å²) in [6, 6.07) is 12.0. The molecule has 1 unspecified atom stereocenters. The fraction of sp³-hybridized carbons (Fsp3) is 0.316. The van der Waals surface area contributed by atoms with Crippen molar-refractivity contribution in [1.29, 1.82) is 0 Å². The molecule has 122 valence electrons. The van der Waals surface area contributed by atoms with E-state index >= 15 is 0 Å². The first-order valence-electron chi connectivity index (χ1n) is 7.75. The molecular weight excluding hydrogens is 293 g/mol. The lowest BCUT2D eigenvalue weighted by Gasteiger charge is -2.18. The van der Waals surface area contributed by atoms with Gasteiger partial charge in [0.05, 0.1) is 0 Å². The van der Waals surface area contributed by atoms with Crippen LogP contribution >= 0.6 is 0 Å². The first-order valence-corrected chi connectivity index (χ1v) is 7.75. The number of hydrogen-bond acceptors (Lipinski definition) is 2. The van der Waals surface area contributed by atoms with Crippen LogP contribution in [0.2, 0.25) is 0 Å². The second-order valence-corrected chi connectivity index (χ2v) is 5.61. The Morgan fingerprint density at radius 2 is 1.96 bits per heavy atom. The normalized spacial score (nSPS) is 11.8. The van der Waals surface area contributed by atoms with Crippen molar-refractivity contribution in [2.45, 2.75) is 39.8 Å². The van der Waals surface area contributed by atoms with E-state index in [4.69, 9.17) is 4.74 Å². The molecule has 1 amide bonds. The number of halogens is 1. The highest BCUT2D eigenvalue weighted by Gasteiger charge is 2.18. The lowest BCUT2D eigenvalue weighted by Crippen LogP contribution is -2.37. The molecule has 23 heavy (non-hydrogen) atoms. The van der Waals surface area contributed by atoms with E-state index < -0.39 is 6.10 Å². The van der Waals surface area contributed by atoms with E-state index in [1.54, 1.807) is 12.1 Å². The predicted molar refractivity (Wildman–Crippen MR) is 88.9 cm³/mol. The summed E-state index contributed by atoms with van der Waals surface area (Å²) in [5.41, 5.74) is 3.03. The van der Waals surface area contributed by atoms with E-state index in [-0.39, 0.29) is 18.3 Å². The summed E-state index contributed by atoms with van der Waals surface area (Å²) in [5, 5.41) is 2.79. The minimum atomic E-state index is -0.564. The van der Waals surface area contributed by atoms with Gasteiger partial charge in [-0.3, -0.25) is 4.79 Å². The highest BCUT2D eigenvalue weighted by atomic mass is 19.1. The van der Waals surface area contributed by atoms with Crippen LogP contribution in [0.25, 0.3) is 0 Å². The lowest BCUT2D eigenvalue weighted by atomic mass is 10.1. The number of carbonyl (C=O) groups is 1. The molecule has 0 fully saturated rings. The number of aryl methyl sites for hydroxylation is 2. The average Bonchev–Trinajstić information content (AvgIpc) is 2.53. The third-order valence-corrected chi connectivity index (χ3v) is 3.78. The van der Waals surface area contributed by atoms with E-state index in [0.717, 1.165) is 11.1 Å². The van der Waals surface area contributed by atoms with Crippen molar-refractivity contribution >= 4 is 5.91 Å². The molecule has 1 N–H and O–H groups in total. The predicted octanol–water partition coefficient (Wildman–Crippen LogP) is 3.92. The molecule has 2 aromatic rings. The van der Waals surface area contributed by atoms with Gasteiger partial charge in [-0.2, -0.15) is 0 Å². The van der Waals surface area contributed by atoms with Crippen LogP contribution in [0.5, 0.6) is 5.75 Å². The fourth-order valence-electron chi connectivity index (χ4n) is 2.22. The standard InChI is InChI=1S/C19H22FNO2/c1-4-18(23-17-9-8-13(2)14(3)10-17)19(22)21-12-15-6-5-7-16(20)11-15/h5-11,18H,4,12H2,1-3H3,(H,21,22). The topological polar surface area (TPSA) is 38.3 Å². The number of rotatable bonds is 6. The summed E-state index contributed by atoms with van der Waals surface area (Å²) in [7, 11) is 0. The zero-order chi connectivity index (χ0) is 16.8. The van der Waals surface area contributed by atoms with Crippen LogP contribution in [-0.2, 0) is 11.3 Å². The molecule has 3 nitrogen and oxygen atoms in total. The third-order valence-electron chi connectivity index (χ3n) is 3.78. The lowest BCUT2D eigenvalue weighted by molar-refractivity contribution is -0.128. The smallest absolute Gasteiger partial charge is 0.261 e. The summed E-state index contributed by atoms with van der Waals surface area (Å²) in [5.74, 6) is 0.172. The Balaban J connectivity index is 1.96. The Labute approximate surface area is 136 Å². The molecule has 0 saturated heterocycles. The molecule has 0 saturated carbocycles. The second-order valence-electron chi connectivity index (χ2n) is 5.61. The molecule has 0 radical (unpaired) electrons. The molecule has 0 aliphatic carbocycles. The van der Waals surface area contributed by atoms with Crippen molar-refractivity contribution in [3.05, 3.63) is 65.0 Å². The van der Waals surface area contributed by atoms with Crippen LogP contribution in [0.3, 0.4) is 0 Å². The quantitative estimate of drug-likeness (QED) is 0.877. The highest BCUT2D eigenvalue weighted by Crippen LogP contribution is 2.18. The zero-order valence-corrected chi connectivity index (χ0v) is 13.7. The van der Waals surface area contributed by atoms with Gasteiger partial charge in [-0.25, -0.2) is 4.39 Å². The maximum atomic E-state index is 13.1. The summed E-state index contributed by atoms with van der Waals surface area (Å²) >= 11 is 0. The van der Waals surface area contributed by atoms with Crippen LogP contribution in [0.1, 0.15) is 30.0 Å². The summed E-state index contributed by atoms with van der Waals surface area (Å²) in [6.45, 7) is 6.21. The molecule has 2 rings (SSSR count). The Bertz CT molecular complexity index is 685. The van der Waals surface area contributed by atoms with Crippen molar-refractivity contribution in [2.24, 2.45) is 0 Å². The Hall–Kier alpha value is -2.36. The van der Waals surface area contributed by atoms with Gasteiger partial charge >= 0.3 is 0 Å². The molecule has 0 heterocycles. The van der Waals surface area contributed by atoms with Crippen molar-refractivity contribution < 1.29 is 13.9 Å². The molecule has 1 atom stereocenters. The molecule has 0 aliphatic rings. The molecule has 0 aliphatic heterocycles. The average molecular weight is 315 g/mol. The molecule has 0 bridgehead atoms. The van der Waals surface area contributed by atoms with Crippen LogP contribution in [0, 0.1) is 19.7 Å². The monoisotopic (exact) mass is 315 g/mol. The third kappa shape index (κ3) is 4.81. The summed E-state index contributed by atoms with van der Waals surface area (Å²) in [4.78, 5) is 12.3. The number of hydrogen-bond donors (Lipinski definition) is 1. The van der Waals surface area contributed by atoms with Gasteiger partial charge in [-0.15, -0.1) is 0 Å². The van der Waals surface area contributed by atoms with Gasteiger partial charge in [0.1, 0.15) is 11.6 Å². The fourth-order valence-corrected chi connectivity index (χ4v) is 2.22. The van der Waals surface area contributed by atoms with Crippen molar-refractivity contribution in [3.63, 3.8) is 0 Å². The largest absolute Gasteiger partial charge is 0.481 e. The van der Waals surface area contributed by atoms with Crippen molar-refractivity contribution in [1.82, 2.24) is 5.32 Å². The van der Waals surface area contributed by atoms with E-state index in [2.05, 4.69) is 5.32 Å². The number of ether oxygens (including phenoxy) is 1. The van der Waals surface area contributed by atoms with Gasteiger partial charge in [-0.05, 0) is 61.2 Å². The number of benzene rings is 2. The highest BCUT2D eigenvalue weighted by molar-refractivity contribution is 5.81. The Morgan fingerprint density at radius 1 is 1.17 bits per heavy atom. The van der Waals surface area contributed by atoms with Gasteiger partial charge in [0.25, 0.3) is 5.91 Å². The van der Waals surface area contributed by atoms with Gasteiger partial charge in [0.2, 0.25) is 0 Å². The second kappa shape index (κ2) is 7.77. The van der Waals surface area contributed by atoms with Gasteiger partial charge < -0.3 is 10.1 Å². The SMILES string of the molecule is CCC(Oc1ccc(C)c(C)c1)C(=O)NCc1cccc(F)c1. The molecule has 4 heteroatoms. The van der Waals surface area contributed by atoms with Crippen LogP contribution in [-0.4, -0.2) is 12.0 Å². The summed E-state index contributed by atoms with van der Waals surface area (Å²) < 4.78 is 18.9. The van der Waals surface area contributed by atoms with Crippen molar-refractivity contribution in [2.75, 3.05) is 0 Å². The minimum absolute atomic E-state index is 0.199. The summed E-state index contributed by atoms with van der Waals surface area (Å²) in [6.07, 6.45) is -0.00675. The van der Waals surface area contributed by atoms with Crippen molar-refractivity contribution in [3.8, 4) is 5.75 Å². The first kappa shape index (κ1) is 17.0. The Kier molecular flexibility index (Phi) is 5.74. The Morgan fingerprint density at radius 3 is 2.61 bits per heavy atom. The minimum Gasteiger partial charge on any atom is -0.481 e. The molecule has 0 spiro atoms. The molecular formula is C19H22FNO2. The van der Waals surface area contributed by atoms with Gasteiger partial charge in [-0.1, -0.05) is 25.1 Å². The number of amides is 1. The number of carbonyl (C=O) groups excluding carboxylic acids is 1. The van der Waals surface area contributed by atoms with E-state index in [1.807, 2.05) is 39.0 Å².